The third-order valence-electron chi connectivity index (χ3n) is 3.75. The number of alkyl carbamates (subject to hydrolysis) is 1. The number of hydrogen-bond acceptors (Lipinski definition) is 6. The maximum Gasteiger partial charge on any atom is 0.408 e. The van der Waals surface area contributed by atoms with Gasteiger partial charge in [0.1, 0.15) is 17.8 Å². The summed E-state index contributed by atoms with van der Waals surface area (Å²) in [7, 11) is 1.30. The highest BCUT2D eigenvalue weighted by molar-refractivity contribution is 14.1. The number of ether oxygens (including phenoxy) is 3. The summed E-state index contributed by atoms with van der Waals surface area (Å²) in [5.74, 6) is -0.227. The fourth-order valence-electron chi connectivity index (χ4n) is 2.49. The van der Waals surface area contributed by atoms with Crippen LogP contribution in [0.25, 0.3) is 0 Å². The number of pyridine rings is 1. The second-order valence-electron chi connectivity index (χ2n) is 7.35. The number of nitrogens with one attached hydrogen (secondary N) is 1. The number of aromatic nitrogens is 1. The molecule has 1 aromatic heterocycles. The van der Waals surface area contributed by atoms with Crippen LogP contribution in [0.1, 0.15) is 36.7 Å². The van der Waals surface area contributed by atoms with E-state index in [4.69, 9.17) is 14.2 Å². The molecule has 156 valence electrons. The number of amides is 1. The Labute approximate surface area is 184 Å². The van der Waals surface area contributed by atoms with Crippen molar-refractivity contribution in [1.29, 1.82) is 0 Å². The molecule has 0 aliphatic carbocycles. The van der Waals surface area contributed by atoms with E-state index in [1.807, 2.05) is 24.3 Å². The summed E-state index contributed by atoms with van der Waals surface area (Å²) in [5, 5.41) is 2.84. The van der Waals surface area contributed by atoms with Gasteiger partial charge in [-0.2, -0.15) is 0 Å². The third-order valence-corrected chi connectivity index (χ3v) is 4.47. The zero-order valence-electron chi connectivity index (χ0n) is 16.9. The summed E-state index contributed by atoms with van der Waals surface area (Å²) in [5.41, 5.74) is 0.696. The lowest BCUT2D eigenvalue weighted by molar-refractivity contribution is 0.0483. The average molecular weight is 512 g/mol. The first-order valence-electron chi connectivity index (χ1n) is 9.07. The predicted octanol–water partition coefficient (Wildman–Crippen LogP) is 3.99. The van der Waals surface area contributed by atoms with Crippen molar-refractivity contribution in [2.24, 2.45) is 0 Å². The first-order valence-corrected chi connectivity index (χ1v) is 10.1. The number of carbonyl (C=O) groups is 2. The molecule has 1 heterocycles. The van der Waals surface area contributed by atoms with Crippen molar-refractivity contribution >= 4 is 34.7 Å². The van der Waals surface area contributed by atoms with E-state index < -0.39 is 17.7 Å². The van der Waals surface area contributed by atoms with Crippen LogP contribution in [0.4, 0.5) is 4.79 Å². The van der Waals surface area contributed by atoms with Gasteiger partial charge in [-0.1, -0.05) is 12.1 Å². The summed E-state index contributed by atoms with van der Waals surface area (Å²) in [4.78, 5) is 28.2. The summed E-state index contributed by atoms with van der Waals surface area (Å²) >= 11 is 2.24. The van der Waals surface area contributed by atoms with Gasteiger partial charge in [0.15, 0.2) is 5.75 Å². The van der Waals surface area contributed by atoms with Crippen molar-refractivity contribution in [2.45, 2.75) is 38.8 Å². The Morgan fingerprint density at radius 3 is 2.48 bits per heavy atom. The minimum Gasteiger partial charge on any atom is -0.489 e. The van der Waals surface area contributed by atoms with Crippen LogP contribution in [0.15, 0.2) is 42.7 Å². The molecular formula is C21H25IN2O5. The van der Waals surface area contributed by atoms with Gasteiger partial charge in [0, 0.05) is 9.77 Å². The number of methoxy groups -OCH3 is 1. The van der Waals surface area contributed by atoms with Crippen LogP contribution in [-0.2, 0) is 15.9 Å². The summed E-state index contributed by atoms with van der Waals surface area (Å²) in [6.45, 7) is 5.53. The highest BCUT2D eigenvalue weighted by atomic mass is 127. The molecule has 1 atom stereocenters. The highest BCUT2D eigenvalue weighted by Gasteiger charge is 2.21. The van der Waals surface area contributed by atoms with Gasteiger partial charge in [-0.25, -0.2) is 9.59 Å². The van der Waals surface area contributed by atoms with Gasteiger partial charge in [-0.3, -0.25) is 4.98 Å². The van der Waals surface area contributed by atoms with Gasteiger partial charge in [-0.15, -0.1) is 0 Å². The molecule has 7 nitrogen and oxygen atoms in total. The fourth-order valence-corrected chi connectivity index (χ4v) is 2.85. The summed E-state index contributed by atoms with van der Waals surface area (Å²) in [6.07, 6.45) is 2.93. The lowest BCUT2D eigenvalue weighted by Crippen LogP contribution is -2.43. The standard InChI is InChI=1S/C21H25IN2O5/c1-21(2,3)29-20(26)24-16(11-14-5-7-15(22)8-6-14)13-28-18-12-23-10-9-17(18)19(25)27-4/h5-10,12,16H,11,13H2,1-4H3,(H,24,26)/t16-/m0/s1. The molecule has 0 saturated heterocycles. The van der Waals surface area contributed by atoms with Crippen molar-refractivity contribution in [2.75, 3.05) is 13.7 Å². The number of halogens is 1. The Bertz CT molecular complexity index is 834. The molecule has 8 heteroatoms. The number of rotatable bonds is 7. The van der Waals surface area contributed by atoms with Crippen molar-refractivity contribution in [1.82, 2.24) is 10.3 Å². The normalized spacial score (nSPS) is 12.0. The molecule has 0 aliphatic rings. The molecule has 0 bridgehead atoms. The van der Waals surface area contributed by atoms with Crippen LogP contribution in [0.5, 0.6) is 5.75 Å². The highest BCUT2D eigenvalue weighted by Crippen LogP contribution is 2.18. The van der Waals surface area contributed by atoms with Gasteiger partial charge < -0.3 is 19.5 Å². The largest absolute Gasteiger partial charge is 0.489 e. The van der Waals surface area contributed by atoms with E-state index in [0.717, 1.165) is 9.13 Å². The van der Waals surface area contributed by atoms with E-state index in [-0.39, 0.29) is 24.0 Å². The lowest BCUT2D eigenvalue weighted by Gasteiger charge is -2.24. The van der Waals surface area contributed by atoms with E-state index >= 15 is 0 Å². The number of benzene rings is 1. The molecule has 1 amide bonds. The second-order valence-corrected chi connectivity index (χ2v) is 8.59. The van der Waals surface area contributed by atoms with Gasteiger partial charge in [0.25, 0.3) is 0 Å². The summed E-state index contributed by atoms with van der Waals surface area (Å²) < 4.78 is 17.1. The first kappa shape index (κ1) is 22.9. The zero-order valence-corrected chi connectivity index (χ0v) is 19.1. The monoisotopic (exact) mass is 512 g/mol. The van der Waals surface area contributed by atoms with Crippen molar-refractivity contribution in [3.8, 4) is 5.75 Å². The number of hydrogen-bond donors (Lipinski definition) is 1. The van der Waals surface area contributed by atoms with Crippen LogP contribution in [0.3, 0.4) is 0 Å². The van der Waals surface area contributed by atoms with Gasteiger partial charge in [-0.05, 0) is 73.5 Å². The number of esters is 1. The van der Waals surface area contributed by atoms with Gasteiger partial charge in [0.2, 0.25) is 0 Å². The maximum absolute atomic E-state index is 12.3. The fraction of sp³-hybridized carbons (Fsp3) is 0.381. The molecule has 0 fully saturated rings. The van der Waals surface area contributed by atoms with Crippen LogP contribution in [0, 0.1) is 3.57 Å². The van der Waals surface area contributed by atoms with E-state index in [1.165, 1.54) is 25.6 Å². The van der Waals surface area contributed by atoms with Gasteiger partial charge >= 0.3 is 12.1 Å². The molecule has 0 unspecified atom stereocenters. The minimum absolute atomic E-state index is 0.126. The van der Waals surface area contributed by atoms with E-state index in [1.54, 1.807) is 20.8 Å². The molecular weight excluding hydrogens is 487 g/mol. The Morgan fingerprint density at radius 1 is 1.17 bits per heavy atom. The second kappa shape index (κ2) is 10.4. The van der Waals surface area contributed by atoms with Crippen molar-refractivity contribution < 1.29 is 23.8 Å². The average Bonchev–Trinajstić information content (AvgIpc) is 2.66. The molecule has 0 radical (unpaired) electrons. The SMILES string of the molecule is COC(=O)c1ccncc1OC[C@H](Cc1ccc(I)cc1)NC(=O)OC(C)(C)C. The Morgan fingerprint density at radius 2 is 1.86 bits per heavy atom. The predicted molar refractivity (Wildman–Crippen MR) is 117 cm³/mol. The quantitative estimate of drug-likeness (QED) is 0.446. The third kappa shape index (κ3) is 7.88. The lowest BCUT2D eigenvalue weighted by atomic mass is 10.1. The van der Waals surface area contributed by atoms with E-state index in [9.17, 15) is 9.59 Å². The van der Waals surface area contributed by atoms with Crippen LogP contribution in [-0.4, -0.2) is 42.4 Å². The molecule has 1 N–H and O–H groups in total. The maximum atomic E-state index is 12.3. The van der Waals surface area contributed by atoms with Crippen LogP contribution < -0.4 is 10.1 Å². The topological polar surface area (TPSA) is 86.8 Å². The molecule has 2 aromatic rings. The molecule has 0 aliphatic heterocycles. The van der Waals surface area contributed by atoms with Gasteiger partial charge in [0.05, 0.1) is 19.3 Å². The Kier molecular flexibility index (Phi) is 8.24. The Hall–Kier alpha value is -2.36. The smallest absolute Gasteiger partial charge is 0.408 e. The van der Waals surface area contributed by atoms with E-state index in [0.29, 0.717) is 6.42 Å². The van der Waals surface area contributed by atoms with Crippen LogP contribution in [0.2, 0.25) is 0 Å². The molecule has 1 aromatic carbocycles. The Balaban J connectivity index is 2.13. The van der Waals surface area contributed by atoms with E-state index in [2.05, 4.69) is 32.9 Å². The number of nitrogens with zero attached hydrogens (tertiary/aromatic N) is 1. The molecule has 0 spiro atoms. The minimum atomic E-state index is -0.611. The van der Waals surface area contributed by atoms with Crippen molar-refractivity contribution in [3.05, 3.63) is 57.4 Å². The van der Waals surface area contributed by atoms with Crippen molar-refractivity contribution in [3.63, 3.8) is 0 Å². The molecule has 29 heavy (non-hydrogen) atoms. The zero-order chi connectivity index (χ0) is 21.4. The first-order chi connectivity index (χ1) is 13.7. The number of carbonyl (C=O) groups excluding carboxylic acids is 2. The van der Waals surface area contributed by atoms with Crippen LogP contribution >= 0.6 is 22.6 Å². The molecule has 2 rings (SSSR count). The summed E-state index contributed by atoms with van der Waals surface area (Å²) in [6, 6.07) is 9.13. The molecule has 0 saturated carbocycles.